The Labute approximate surface area is 245 Å². The molecule has 41 heavy (non-hydrogen) atoms. The summed E-state index contributed by atoms with van der Waals surface area (Å²) >= 11 is 1.64. The second kappa shape index (κ2) is 13.7. The van der Waals surface area contributed by atoms with Gasteiger partial charge in [0.2, 0.25) is 0 Å². The molecule has 0 spiro atoms. The summed E-state index contributed by atoms with van der Waals surface area (Å²) in [6, 6.07) is 38.4. The van der Waals surface area contributed by atoms with Crippen LogP contribution in [-0.2, 0) is 36.9 Å². The summed E-state index contributed by atoms with van der Waals surface area (Å²) in [5.74, 6) is 0.780. The quantitative estimate of drug-likeness (QED) is 0.208. The summed E-state index contributed by atoms with van der Waals surface area (Å²) in [4.78, 5) is 1.10. The summed E-state index contributed by atoms with van der Waals surface area (Å²) in [6.45, 7) is 1.24. The molecule has 2 heterocycles. The Morgan fingerprint density at radius 3 is 1.88 bits per heavy atom. The molecule has 212 valence electrons. The predicted molar refractivity (Wildman–Crippen MR) is 158 cm³/mol. The molecule has 0 N–H and O–H groups in total. The molecule has 6 atom stereocenters. The van der Waals surface area contributed by atoms with Crippen LogP contribution in [0.1, 0.15) is 23.0 Å². The zero-order chi connectivity index (χ0) is 27.9. The maximum Gasteiger partial charge on any atom is 0.184 e. The zero-order valence-electron chi connectivity index (χ0n) is 22.9. The van der Waals surface area contributed by atoms with E-state index in [0.29, 0.717) is 19.8 Å². The number of benzene rings is 4. The Morgan fingerprint density at radius 1 is 0.683 bits per heavy atom. The van der Waals surface area contributed by atoms with Crippen molar-refractivity contribution in [3.63, 3.8) is 0 Å². The first kappa shape index (κ1) is 28.0. The highest BCUT2D eigenvalue weighted by Gasteiger charge is 2.51. The summed E-state index contributed by atoms with van der Waals surface area (Å²) in [7, 11) is 1.65. The van der Waals surface area contributed by atoms with Crippen molar-refractivity contribution in [3.8, 4) is 5.75 Å². The maximum absolute atomic E-state index is 6.71. The molecule has 0 bridgehead atoms. The minimum absolute atomic E-state index is 0.317. The molecule has 6 rings (SSSR count). The molecule has 0 unspecified atom stereocenters. The molecule has 0 amide bonds. The van der Waals surface area contributed by atoms with Gasteiger partial charge in [-0.25, -0.2) is 0 Å². The average Bonchev–Trinajstić information content (AvgIpc) is 3.04. The SMILES string of the molecule is COc1ccc([C@H]2OC[C@H]3O[C@@H](Sc4ccccc4)[C@H](OCc4ccccc4)[C@@H](OCc4ccccc4)[C@@H]3O2)cc1. The van der Waals surface area contributed by atoms with Crippen molar-refractivity contribution in [2.45, 2.75) is 54.3 Å². The van der Waals surface area contributed by atoms with Crippen LogP contribution >= 0.6 is 11.8 Å². The van der Waals surface area contributed by atoms with Gasteiger partial charge in [0.15, 0.2) is 6.29 Å². The van der Waals surface area contributed by atoms with E-state index in [1.807, 2.05) is 78.9 Å². The molecule has 2 aliphatic rings. The topological polar surface area (TPSA) is 55.4 Å². The molecule has 7 heteroatoms. The Balaban J connectivity index is 1.29. The van der Waals surface area contributed by atoms with Gasteiger partial charge in [-0.15, -0.1) is 0 Å². The first-order chi connectivity index (χ1) is 20.3. The van der Waals surface area contributed by atoms with Crippen LogP contribution in [0.5, 0.6) is 5.75 Å². The first-order valence-electron chi connectivity index (χ1n) is 13.9. The van der Waals surface area contributed by atoms with Gasteiger partial charge in [-0.2, -0.15) is 0 Å². The van der Waals surface area contributed by atoms with Crippen LogP contribution in [0.15, 0.2) is 120 Å². The van der Waals surface area contributed by atoms with Crippen LogP contribution in [0.2, 0.25) is 0 Å². The fraction of sp³-hybridized carbons (Fsp3) is 0.294. The van der Waals surface area contributed by atoms with Crippen molar-refractivity contribution in [3.05, 3.63) is 132 Å². The van der Waals surface area contributed by atoms with Crippen molar-refractivity contribution in [2.75, 3.05) is 13.7 Å². The Hall–Kier alpha value is -3.17. The van der Waals surface area contributed by atoms with E-state index < -0.39 is 24.6 Å². The summed E-state index contributed by atoms with van der Waals surface area (Å²) in [6.07, 6.45) is -2.07. The minimum Gasteiger partial charge on any atom is -0.497 e. The van der Waals surface area contributed by atoms with E-state index in [4.69, 9.17) is 28.4 Å². The smallest absolute Gasteiger partial charge is 0.184 e. The minimum atomic E-state index is -0.554. The second-order valence-electron chi connectivity index (χ2n) is 10.0. The lowest BCUT2D eigenvalue weighted by Gasteiger charge is -2.49. The van der Waals surface area contributed by atoms with E-state index in [-0.39, 0.29) is 11.5 Å². The van der Waals surface area contributed by atoms with Gasteiger partial charge in [-0.05, 0) is 35.4 Å². The third kappa shape index (κ3) is 7.01. The van der Waals surface area contributed by atoms with Gasteiger partial charge in [0, 0.05) is 10.5 Å². The summed E-state index contributed by atoms with van der Waals surface area (Å²) < 4.78 is 38.2. The molecule has 0 aromatic heterocycles. The van der Waals surface area contributed by atoms with E-state index in [1.165, 1.54) is 0 Å². The van der Waals surface area contributed by atoms with Crippen molar-refractivity contribution in [1.29, 1.82) is 0 Å². The molecular weight excluding hydrogens is 536 g/mol. The van der Waals surface area contributed by atoms with E-state index in [0.717, 1.165) is 27.3 Å². The zero-order valence-corrected chi connectivity index (χ0v) is 23.7. The summed E-state index contributed by atoms with van der Waals surface area (Å²) in [5, 5.41) is 0. The number of methoxy groups -OCH3 is 1. The second-order valence-corrected chi connectivity index (χ2v) is 11.2. The van der Waals surface area contributed by atoms with E-state index in [9.17, 15) is 0 Å². The fourth-order valence-corrected chi connectivity index (χ4v) is 6.25. The number of rotatable bonds is 10. The Bertz CT molecular complexity index is 1340. The standard InChI is InChI=1S/C34H34O6S/c1-35-27-19-17-26(18-20-27)33-38-23-29-30(40-33)31(36-21-24-11-5-2-6-12-24)32(37-22-25-13-7-3-8-14-25)34(39-29)41-28-15-9-4-10-16-28/h2-20,29-34H,21-23H2,1H3/t29-,30-,31+,32-,33+,34+/m1/s1. The van der Waals surface area contributed by atoms with Gasteiger partial charge in [-0.1, -0.05) is 103 Å². The predicted octanol–water partition coefficient (Wildman–Crippen LogP) is 6.80. The van der Waals surface area contributed by atoms with Crippen molar-refractivity contribution >= 4 is 11.8 Å². The lowest BCUT2D eigenvalue weighted by atomic mass is 9.98. The largest absolute Gasteiger partial charge is 0.497 e. The van der Waals surface area contributed by atoms with Gasteiger partial charge in [0.1, 0.15) is 35.6 Å². The molecule has 0 aliphatic carbocycles. The van der Waals surface area contributed by atoms with Gasteiger partial charge < -0.3 is 28.4 Å². The Morgan fingerprint density at radius 2 is 1.27 bits per heavy atom. The maximum atomic E-state index is 6.71. The third-order valence-corrected chi connectivity index (χ3v) is 8.39. The molecule has 2 fully saturated rings. The normalized spacial score (nSPS) is 25.8. The van der Waals surface area contributed by atoms with E-state index >= 15 is 0 Å². The highest BCUT2D eigenvalue weighted by molar-refractivity contribution is 7.99. The highest BCUT2D eigenvalue weighted by Crippen LogP contribution is 2.41. The molecule has 4 aromatic rings. The number of hydrogen-bond donors (Lipinski definition) is 0. The average molecular weight is 571 g/mol. The number of hydrogen-bond acceptors (Lipinski definition) is 7. The number of ether oxygens (including phenoxy) is 6. The number of thioether (sulfide) groups is 1. The van der Waals surface area contributed by atoms with Gasteiger partial charge in [0.25, 0.3) is 0 Å². The van der Waals surface area contributed by atoms with Crippen LogP contribution in [0.3, 0.4) is 0 Å². The molecule has 0 radical (unpaired) electrons. The lowest BCUT2D eigenvalue weighted by Crippen LogP contribution is -2.62. The van der Waals surface area contributed by atoms with Gasteiger partial charge >= 0.3 is 0 Å². The van der Waals surface area contributed by atoms with Crippen LogP contribution in [-0.4, -0.2) is 43.6 Å². The first-order valence-corrected chi connectivity index (χ1v) is 14.7. The highest BCUT2D eigenvalue weighted by atomic mass is 32.2. The lowest BCUT2D eigenvalue weighted by molar-refractivity contribution is -0.329. The fourth-order valence-electron chi connectivity index (χ4n) is 5.10. The monoisotopic (exact) mass is 570 g/mol. The van der Waals surface area contributed by atoms with Crippen LogP contribution in [0, 0.1) is 0 Å². The molecule has 6 nitrogen and oxygen atoms in total. The van der Waals surface area contributed by atoms with E-state index in [2.05, 4.69) is 36.4 Å². The van der Waals surface area contributed by atoms with Crippen molar-refractivity contribution < 1.29 is 28.4 Å². The molecule has 4 aromatic carbocycles. The van der Waals surface area contributed by atoms with Gasteiger partial charge in [0.05, 0.1) is 26.9 Å². The third-order valence-electron chi connectivity index (χ3n) is 7.24. The van der Waals surface area contributed by atoms with Crippen molar-refractivity contribution in [2.24, 2.45) is 0 Å². The van der Waals surface area contributed by atoms with Crippen LogP contribution < -0.4 is 4.74 Å². The van der Waals surface area contributed by atoms with E-state index in [1.54, 1.807) is 18.9 Å². The van der Waals surface area contributed by atoms with Crippen LogP contribution in [0.4, 0.5) is 0 Å². The molecular formula is C34H34O6S. The summed E-state index contributed by atoms with van der Waals surface area (Å²) in [5.41, 5.74) is 2.76. The van der Waals surface area contributed by atoms with Crippen LogP contribution in [0.25, 0.3) is 0 Å². The molecule has 0 saturated carbocycles. The van der Waals surface area contributed by atoms with Crippen molar-refractivity contribution in [1.82, 2.24) is 0 Å². The molecule has 2 aliphatic heterocycles. The molecule has 2 saturated heterocycles. The Kier molecular flexibility index (Phi) is 9.32. The van der Waals surface area contributed by atoms with Gasteiger partial charge in [-0.3, -0.25) is 0 Å². The number of fused-ring (bicyclic) bond motifs is 1.